The minimum atomic E-state index is -0.528. The van der Waals surface area contributed by atoms with Crippen LogP contribution in [0, 0.1) is 0 Å². The van der Waals surface area contributed by atoms with Crippen molar-refractivity contribution in [2.75, 3.05) is 7.05 Å². The molecule has 0 saturated carbocycles. The molecule has 0 aromatic heterocycles. The van der Waals surface area contributed by atoms with E-state index in [9.17, 15) is 9.59 Å². The molecule has 8 heteroatoms. The highest BCUT2D eigenvalue weighted by Crippen LogP contribution is 2.31. The molecule has 6 nitrogen and oxygen atoms in total. The van der Waals surface area contributed by atoms with Crippen LogP contribution in [0.5, 0.6) is 0 Å². The van der Waals surface area contributed by atoms with E-state index in [0.29, 0.717) is 6.54 Å². The number of amides is 3. The summed E-state index contributed by atoms with van der Waals surface area (Å²) in [4.78, 5) is 32.9. The zero-order valence-electron chi connectivity index (χ0n) is 15.2. The van der Waals surface area contributed by atoms with Crippen molar-refractivity contribution in [2.45, 2.75) is 24.5 Å². The standard InChI is InChI=1S/C20H19BrN4O2S/c1-24-17-16(18(26)23-19(24)27)25(11-14-8-5-9-15(21)10-14)20(22-17)28-12-13-6-3-2-4-7-13/h2-10,16-17H,11-12H2,1H3,(H,23,26,27). The van der Waals surface area contributed by atoms with Crippen molar-refractivity contribution in [1.29, 1.82) is 0 Å². The third-order valence-corrected chi connectivity index (χ3v) is 6.34. The van der Waals surface area contributed by atoms with Crippen LogP contribution < -0.4 is 5.32 Å². The Morgan fingerprint density at radius 3 is 2.61 bits per heavy atom. The summed E-state index contributed by atoms with van der Waals surface area (Å²) >= 11 is 5.09. The van der Waals surface area contributed by atoms with Gasteiger partial charge < -0.3 is 9.80 Å². The molecule has 0 bridgehead atoms. The number of fused-ring (bicyclic) bond motifs is 1. The number of likely N-dealkylation sites (N-methyl/N-ethyl adjacent to an activating group) is 1. The number of benzene rings is 2. The fourth-order valence-electron chi connectivity index (χ4n) is 3.34. The van der Waals surface area contributed by atoms with Crippen LogP contribution in [0.1, 0.15) is 11.1 Å². The lowest BCUT2D eigenvalue weighted by molar-refractivity contribution is -0.127. The van der Waals surface area contributed by atoms with Gasteiger partial charge in [-0.2, -0.15) is 0 Å². The van der Waals surface area contributed by atoms with E-state index in [1.807, 2.05) is 47.4 Å². The molecule has 2 heterocycles. The van der Waals surface area contributed by atoms with Crippen LogP contribution >= 0.6 is 27.7 Å². The van der Waals surface area contributed by atoms with Crippen molar-refractivity contribution in [3.63, 3.8) is 0 Å². The van der Waals surface area contributed by atoms with Crippen LogP contribution in [-0.2, 0) is 17.1 Å². The molecule has 28 heavy (non-hydrogen) atoms. The van der Waals surface area contributed by atoms with E-state index in [2.05, 4.69) is 33.4 Å². The molecule has 2 aromatic carbocycles. The Bertz CT molecular complexity index is 937. The van der Waals surface area contributed by atoms with Gasteiger partial charge in [0.2, 0.25) is 0 Å². The molecule has 2 unspecified atom stereocenters. The van der Waals surface area contributed by atoms with E-state index >= 15 is 0 Å². The Labute approximate surface area is 176 Å². The molecule has 144 valence electrons. The number of nitrogens with zero attached hydrogens (tertiary/aromatic N) is 3. The van der Waals surface area contributed by atoms with Gasteiger partial charge in [-0.3, -0.25) is 10.1 Å². The number of urea groups is 1. The van der Waals surface area contributed by atoms with E-state index in [0.717, 1.165) is 21.0 Å². The summed E-state index contributed by atoms with van der Waals surface area (Å²) in [6.07, 6.45) is -0.508. The highest BCUT2D eigenvalue weighted by Gasteiger charge is 2.48. The molecule has 4 rings (SSSR count). The molecule has 2 aromatic rings. The normalized spacial score (nSPS) is 21.4. The summed E-state index contributed by atoms with van der Waals surface area (Å²) in [5, 5.41) is 3.21. The third-order valence-electron chi connectivity index (χ3n) is 4.78. The third kappa shape index (κ3) is 3.79. The number of imide groups is 1. The average molecular weight is 459 g/mol. The van der Waals surface area contributed by atoms with Crippen molar-refractivity contribution in [3.05, 3.63) is 70.2 Å². The fourth-order valence-corrected chi connectivity index (χ4v) is 4.80. The maximum atomic E-state index is 12.6. The van der Waals surface area contributed by atoms with Gasteiger partial charge in [0, 0.05) is 23.8 Å². The monoisotopic (exact) mass is 458 g/mol. The number of nitrogens with one attached hydrogen (secondary N) is 1. The topological polar surface area (TPSA) is 65.0 Å². The van der Waals surface area contributed by atoms with E-state index < -0.39 is 18.2 Å². The maximum absolute atomic E-state index is 12.6. The second-order valence-electron chi connectivity index (χ2n) is 6.71. The smallest absolute Gasteiger partial charge is 0.325 e. The van der Waals surface area contributed by atoms with Gasteiger partial charge >= 0.3 is 6.03 Å². The molecule has 3 amide bonds. The second kappa shape index (κ2) is 7.97. The Hall–Kier alpha value is -2.32. The lowest BCUT2D eigenvalue weighted by Crippen LogP contribution is -2.63. The first kappa shape index (κ1) is 19.0. The molecule has 2 atom stereocenters. The van der Waals surface area contributed by atoms with E-state index in [4.69, 9.17) is 4.99 Å². The van der Waals surface area contributed by atoms with Gasteiger partial charge in [-0.05, 0) is 23.3 Å². The summed E-state index contributed by atoms with van der Waals surface area (Å²) < 4.78 is 0.983. The predicted octanol–water partition coefficient (Wildman–Crippen LogP) is 3.43. The van der Waals surface area contributed by atoms with Crippen LogP contribution in [0.2, 0.25) is 0 Å². The summed E-state index contributed by atoms with van der Waals surface area (Å²) in [6.45, 7) is 0.538. The molecule has 0 spiro atoms. The van der Waals surface area contributed by atoms with Crippen molar-refractivity contribution in [3.8, 4) is 0 Å². The number of aliphatic imine (C=N–C) groups is 1. The Morgan fingerprint density at radius 1 is 1.11 bits per heavy atom. The van der Waals surface area contributed by atoms with Gasteiger partial charge in [0.05, 0.1) is 0 Å². The van der Waals surface area contributed by atoms with Crippen LogP contribution in [0.4, 0.5) is 4.79 Å². The van der Waals surface area contributed by atoms with Crippen molar-refractivity contribution in [1.82, 2.24) is 15.1 Å². The van der Waals surface area contributed by atoms with Crippen LogP contribution in [0.25, 0.3) is 0 Å². The minimum absolute atomic E-state index is 0.304. The zero-order valence-corrected chi connectivity index (χ0v) is 17.6. The summed E-state index contributed by atoms with van der Waals surface area (Å²) in [7, 11) is 1.67. The molecule has 0 aliphatic carbocycles. The number of carbonyl (C=O) groups is 2. The quantitative estimate of drug-likeness (QED) is 0.761. The lowest BCUT2D eigenvalue weighted by atomic mass is 10.1. The van der Waals surface area contributed by atoms with Crippen molar-refractivity contribution < 1.29 is 9.59 Å². The predicted molar refractivity (Wildman–Crippen MR) is 114 cm³/mol. The number of halogens is 1. The molecule has 2 aliphatic heterocycles. The molecular weight excluding hydrogens is 440 g/mol. The molecular formula is C20H19BrN4O2S. The first-order valence-corrected chi connectivity index (χ1v) is 10.6. The van der Waals surface area contributed by atoms with Crippen LogP contribution in [0.3, 0.4) is 0 Å². The van der Waals surface area contributed by atoms with Gasteiger partial charge in [0.1, 0.15) is 0 Å². The Balaban J connectivity index is 1.61. The van der Waals surface area contributed by atoms with Gasteiger partial charge in [-0.1, -0.05) is 70.2 Å². The average Bonchev–Trinajstić information content (AvgIpc) is 3.04. The fraction of sp³-hybridized carbons (Fsp3) is 0.250. The first-order valence-electron chi connectivity index (χ1n) is 8.86. The van der Waals surface area contributed by atoms with Gasteiger partial charge in [0.25, 0.3) is 5.91 Å². The number of amidine groups is 1. The number of rotatable bonds is 4. The van der Waals surface area contributed by atoms with Crippen LogP contribution in [-0.4, -0.2) is 46.2 Å². The zero-order chi connectivity index (χ0) is 19.7. The number of hydrogen-bond acceptors (Lipinski definition) is 5. The van der Waals surface area contributed by atoms with Gasteiger partial charge in [-0.15, -0.1) is 0 Å². The molecule has 1 saturated heterocycles. The van der Waals surface area contributed by atoms with Gasteiger partial charge in [0.15, 0.2) is 17.4 Å². The SMILES string of the molecule is CN1C(=O)NC(=O)C2C1N=C(SCc1ccccc1)N2Cc1cccc(Br)c1. The summed E-state index contributed by atoms with van der Waals surface area (Å²) in [5.41, 5.74) is 2.25. The molecule has 1 N–H and O–H groups in total. The van der Waals surface area contributed by atoms with Gasteiger partial charge in [-0.25, -0.2) is 9.79 Å². The van der Waals surface area contributed by atoms with E-state index in [-0.39, 0.29) is 5.91 Å². The van der Waals surface area contributed by atoms with Crippen LogP contribution in [0.15, 0.2) is 64.1 Å². The van der Waals surface area contributed by atoms with E-state index in [1.54, 1.807) is 18.8 Å². The summed E-state index contributed by atoms with van der Waals surface area (Å²) in [5.74, 6) is 0.440. The minimum Gasteiger partial charge on any atom is -0.331 e. The molecule has 0 radical (unpaired) electrons. The maximum Gasteiger partial charge on any atom is 0.325 e. The van der Waals surface area contributed by atoms with Crippen molar-refractivity contribution >= 4 is 44.8 Å². The number of carbonyl (C=O) groups excluding carboxylic acids is 2. The molecule has 1 fully saturated rings. The second-order valence-corrected chi connectivity index (χ2v) is 8.57. The largest absolute Gasteiger partial charge is 0.331 e. The first-order chi connectivity index (χ1) is 13.5. The lowest BCUT2D eigenvalue weighted by Gasteiger charge is -2.36. The Kier molecular flexibility index (Phi) is 5.41. The molecule has 2 aliphatic rings. The number of hydrogen-bond donors (Lipinski definition) is 1. The summed E-state index contributed by atoms with van der Waals surface area (Å²) in [6, 6.07) is 17.2. The van der Waals surface area contributed by atoms with E-state index in [1.165, 1.54) is 10.5 Å². The highest BCUT2D eigenvalue weighted by atomic mass is 79.9. The number of thioether (sulfide) groups is 1. The van der Waals surface area contributed by atoms with Crippen molar-refractivity contribution in [2.24, 2.45) is 4.99 Å². The Morgan fingerprint density at radius 2 is 1.86 bits per heavy atom. The highest BCUT2D eigenvalue weighted by molar-refractivity contribution is 9.10.